The van der Waals surface area contributed by atoms with Crippen LogP contribution in [0, 0.1) is 30.3 Å². The molecule has 13 N–H and O–H groups in total. The van der Waals surface area contributed by atoms with Gasteiger partial charge in [0.2, 0.25) is 0 Å². The topological polar surface area (TPSA) is 467 Å². The molecule has 0 atom stereocenters. The summed E-state index contributed by atoms with van der Waals surface area (Å²) in [7, 11) is 0. The molecular weight excluding hydrogens is 1230 g/mol. The number of benzene rings is 7. The van der Waals surface area contributed by atoms with E-state index in [9.17, 15) is 49.5 Å². The first-order chi connectivity index (χ1) is 43.3. The number of nitro groups is 3. The number of hydrogen-bond donors (Lipinski definition) is 8. The van der Waals surface area contributed by atoms with E-state index in [0.29, 0.717) is 50.5 Å². The molecule has 0 aliphatic heterocycles. The lowest BCUT2D eigenvalue weighted by Gasteiger charge is -2.10. The number of nitrogens with two attached hydrogens (primary N) is 5. The van der Waals surface area contributed by atoms with E-state index in [-0.39, 0.29) is 72.6 Å². The second-order valence-electron chi connectivity index (χ2n) is 17.0. The molecule has 0 bridgehead atoms. The lowest BCUT2D eigenvalue weighted by Crippen LogP contribution is -2.17. The van der Waals surface area contributed by atoms with Gasteiger partial charge in [-0.15, -0.1) is 0 Å². The van der Waals surface area contributed by atoms with Gasteiger partial charge in [-0.3, -0.25) is 49.5 Å². The van der Waals surface area contributed by atoms with Crippen LogP contribution in [-0.2, 0) is 0 Å². The molecule has 0 saturated heterocycles. The van der Waals surface area contributed by atoms with Gasteiger partial charge < -0.3 is 44.6 Å². The highest BCUT2D eigenvalue weighted by molar-refractivity contribution is 9.10. The van der Waals surface area contributed by atoms with E-state index in [1.807, 2.05) is 108 Å². The zero-order valence-electron chi connectivity index (χ0n) is 48.9. The van der Waals surface area contributed by atoms with Crippen LogP contribution in [-0.4, -0.2) is 78.3 Å². The zero-order chi connectivity index (χ0) is 66.2. The molecule has 0 spiro atoms. The Balaban J connectivity index is 0.000000213. The molecule has 29 nitrogen and oxygen atoms in total. The molecule has 30 heteroatoms. The number of rotatable bonds is 13. The fraction of sp³-hybridized carbons (Fsp3) is 0.100. The first-order valence-corrected chi connectivity index (χ1v) is 27.8. The molecule has 11 aromatic rings. The third-order valence-electron chi connectivity index (χ3n) is 11.3. The number of primary amides is 4. The normalized spacial score (nSPS) is 9.94. The van der Waals surface area contributed by atoms with E-state index in [2.05, 4.69) is 71.8 Å². The minimum Gasteiger partial charge on any atom is -0.397 e. The number of halogens is 1. The maximum atomic E-state index is 11.6. The Kier molecular flexibility index (Phi) is 24.9. The summed E-state index contributed by atoms with van der Waals surface area (Å²) in [5.41, 5.74) is 30.6. The summed E-state index contributed by atoms with van der Waals surface area (Å²) >= 11 is 3.04. The molecule has 0 unspecified atom stereocenters. The van der Waals surface area contributed by atoms with Gasteiger partial charge in [0.1, 0.15) is 10.1 Å². The van der Waals surface area contributed by atoms with Crippen LogP contribution in [0.3, 0.4) is 0 Å². The second kappa shape index (κ2) is 32.8. The predicted molar refractivity (Wildman–Crippen MR) is 348 cm³/mol. The summed E-state index contributed by atoms with van der Waals surface area (Å²) in [5, 5.41) is 41.9. The van der Waals surface area contributed by atoms with Crippen molar-refractivity contribution in [2.75, 3.05) is 21.7 Å². The lowest BCUT2D eigenvalue weighted by molar-refractivity contribution is -0.383. The Labute approximate surface area is 520 Å². The van der Waals surface area contributed by atoms with Crippen LogP contribution in [0.15, 0.2) is 168 Å². The van der Waals surface area contributed by atoms with Gasteiger partial charge in [0.05, 0.1) is 42.5 Å². The number of fused-ring (bicyclic) bond motifs is 4. The Morgan fingerprint density at radius 1 is 0.356 bits per heavy atom. The van der Waals surface area contributed by atoms with Crippen molar-refractivity contribution in [3.63, 3.8) is 0 Å². The minimum absolute atomic E-state index is 0.0184. The number of amides is 4. The van der Waals surface area contributed by atoms with Crippen LogP contribution < -0.4 is 44.6 Å². The summed E-state index contributed by atoms with van der Waals surface area (Å²) in [4.78, 5) is 110. The predicted octanol–water partition coefficient (Wildman–Crippen LogP) is 11.3. The molecule has 4 heterocycles. The quantitative estimate of drug-likeness (QED) is 0.0302. The first kappa shape index (κ1) is 68.4. The third kappa shape index (κ3) is 17.4. The van der Waals surface area contributed by atoms with E-state index in [1.54, 1.807) is 60.7 Å². The van der Waals surface area contributed by atoms with E-state index in [4.69, 9.17) is 28.7 Å². The number of non-ortho nitro benzene ring substituents is 3. The molecule has 7 aromatic carbocycles. The minimum atomic E-state index is -0.823. The number of hydrogen-bond acceptors (Lipinski definition) is 22. The van der Waals surface area contributed by atoms with Crippen molar-refractivity contribution >= 4 is 141 Å². The van der Waals surface area contributed by atoms with Gasteiger partial charge in [0, 0.05) is 35.3 Å². The Morgan fingerprint density at radius 3 is 0.900 bits per heavy atom. The number of aromatic nitrogens is 8. The van der Waals surface area contributed by atoms with Gasteiger partial charge in [-0.1, -0.05) is 120 Å². The molecule has 11 rings (SSSR count). The third-order valence-corrected chi connectivity index (χ3v) is 11.9. The largest absolute Gasteiger partial charge is 0.397 e. The number of carbonyl (C=O) groups excluding carboxylic acids is 4. The standard InChI is InChI=1S/2C15H11N5O3.C15H13N5O.C9H5BrN4O3.3C2H6/c2*16-14(21)13-15(17-9-5-2-1-3-6-9)18-10-7-4-8-11(20(22)23)12(10)19-13;16-10-7-4-8-11-12(10)20-13(14(17)21)15(19-11)18-9-5-2-1-3-6-9;10-8-7(9(11)15)13-6-4(12-8)2-1-3-5(6)14(16)17;3*1-2/h2*1-8H,(H2,16,21)(H,17,18);1-8H,16H2,(H2,17,21)(H,18,19);1-3H,(H2,11,15);3*1-2H3. The maximum absolute atomic E-state index is 11.6. The fourth-order valence-corrected chi connectivity index (χ4v) is 8.09. The van der Waals surface area contributed by atoms with Crippen LogP contribution in [0.2, 0.25) is 0 Å². The van der Waals surface area contributed by atoms with E-state index in [0.717, 1.165) is 5.69 Å². The number of nitrogens with one attached hydrogen (secondary N) is 3. The van der Waals surface area contributed by atoms with Gasteiger partial charge in [0.25, 0.3) is 40.7 Å². The monoisotopic (exact) mass is 1280 g/mol. The van der Waals surface area contributed by atoms with Crippen LogP contribution >= 0.6 is 15.9 Å². The summed E-state index contributed by atoms with van der Waals surface area (Å²) in [5.74, 6) is -2.50. The van der Waals surface area contributed by atoms with Crippen molar-refractivity contribution in [3.8, 4) is 0 Å². The number of nitrogen functional groups attached to an aromatic ring is 1. The van der Waals surface area contributed by atoms with Gasteiger partial charge in [-0.05, 0) is 82.7 Å². The summed E-state index contributed by atoms with van der Waals surface area (Å²) in [6, 6.07) is 45.8. The van der Waals surface area contributed by atoms with Gasteiger partial charge in [0.15, 0.2) is 56.8 Å². The zero-order valence-corrected chi connectivity index (χ0v) is 50.4. The average molecular weight is 1290 g/mol. The Morgan fingerprint density at radius 2 is 0.611 bits per heavy atom. The molecule has 0 aliphatic rings. The van der Waals surface area contributed by atoms with Crippen LogP contribution in [0.4, 0.5) is 57.3 Å². The molecule has 4 aromatic heterocycles. The van der Waals surface area contributed by atoms with E-state index >= 15 is 0 Å². The molecule has 4 amide bonds. The van der Waals surface area contributed by atoms with Gasteiger partial charge >= 0.3 is 0 Å². The number of nitrogens with zero attached hydrogens (tertiary/aromatic N) is 11. The molecule has 0 aliphatic carbocycles. The Hall–Kier alpha value is -12.3. The van der Waals surface area contributed by atoms with E-state index in [1.165, 1.54) is 36.4 Å². The van der Waals surface area contributed by atoms with Crippen LogP contribution in [0.5, 0.6) is 0 Å². The highest BCUT2D eigenvalue weighted by atomic mass is 79.9. The maximum Gasteiger partial charge on any atom is 0.297 e. The molecule has 0 fully saturated rings. The van der Waals surface area contributed by atoms with Crippen LogP contribution in [0.1, 0.15) is 83.5 Å². The summed E-state index contributed by atoms with van der Waals surface area (Å²) in [6.45, 7) is 12.0. The van der Waals surface area contributed by atoms with E-state index < -0.39 is 38.4 Å². The van der Waals surface area contributed by atoms with Crippen molar-refractivity contribution in [2.24, 2.45) is 22.9 Å². The van der Waals surface area contributed by atoms with Crippen molar-refractivity contribution in [2.45, 2.75) is 41.5 Å². The molecule has 90 heavy (non-hydrogen) atoms. The second-order valence-corrected chi connectivity index (χ2v) is 17.7. The number of anilines is 7. The van der Waals surface area contributed by atoms with Gasteiger partial charge in [-0.25, -0.2) is 39.9 Å². The van der Waals surface area contributed by atoms with Crippen molar-refractivity contribution in [1.82, 2.24) is 39.9 Å². The smallest absolute Gasteiger partial charge is 0.297 e. The van der Waals surface area contributed by atoms with Crippen molar-refractivity contribution in [1.29, 1.82) is 0 Å². The molecule has 0 radical (unpaired) electrons. The number of carbonyl (C=O) groups is 4. The molecule has 0 saturated carbocycles. The number of para-hydroxylation sites is 7. The lowest BCUT2D eigenvalue weighted by atomic mass is 10.2. The van der Waals surface area contributed by atoms with Crippen molar-refractivity contribution < 1.29 is 33.9 Å². The highest BCUT2D eigenvalue weighted by Gasteiger charge is 2.23. The fourth-order valence-electron chi connectivity index (χ4n) is 7.61. The molecular formula is C60H58BrN19O10. The summed E-state index contributed by atoms with van der Waals surface area (Å²) < 4.78 is 0.165. The van der Waals surface area contributed by atoms with Crippen LogP contribution in [0.25, 0.3) is 44.1 Å². The molecule has 460 valence electrons. The SMILES string of the molecule is CC.CC.CC.NC(=O)c1nc2c(N)cccc2nc1Nc1ccccc1.NC(=O)c1nc2c([N+](=O)[O-])cccc2nc1Br.NC(=O)c1nc2c([N+](=O)[O-])cccc2nc1Nc1ccccc1.NC(=O)c1nc2c([N+](=O)[O-])cccc2nc1Nc1ccccc1. The van der Waals surface area contributed by atoms with Crippen molar-refractivity contribution in [3.05, 3.63) is 222 Å². The Bertz CT molecular complexity index is 4250. The van der Waals surface area contributed by atoms with Gasteiger partial charge in [-0.2, -0.15) is 0 Å². The number of nitro benzene ring substituents is 3. The average Bonchev–Trinajstić information content (AvgIpc) is 0.908. The highest BCUT2D eigenvalue weighted by Crippen LogP contribution is 2.30. The first-order valence-electron chi connectivity index (χ1n) is 27.0. The summed E-state index contributed by atoms with van der Waals surface area (Å²) in [6.07, 6.45) is 0.